The van der Waals surface area contributed by atoms with Gasteiger partial charge in [0.2, 0.25) is 0 Å². The van der Waals surface area contributed by atoms with Crippen LogP contribution in [0.4, 0.5) is 21.7 Å². The molecule has 0 aliphatic carbocycles. The lowest BCUT2D eigenvalue weighted by Crippen LogP contribution is -2.46. The van der Waals surface area contributed by atoms with Crippen LogP contribution in [0, 0.1) is 5.82 Å². The van der Waals surface area contributed by atoms with Crippen LogP contribution >= 0.6 is 11.6 Å². The van der Waals surface area contributed by atoms with Gasteiger partial charge in [0.1, 0.15) is 5.82 Å². The Labute approximate surface area is 191 Å². The van der Waals surface area contributed by atoms with Crippen LogP contribution in [-0.2, 0) is 6.54 Å². The van der Waals surface area contributed by atoms with Crippen molar-refractivity contribution in [2.45, 2.75) is 6.54 Å². The number of halogens is 2. The van der Waals surface area contributed by atoms with Gasteiger partial charge in [0.05, 0.1) is 11.0 Å². The van der Waals surface area contributed by atoms with Gasteiger partial charge in [-0.15, -0.1) is 0 Å². The Morgan fingerprint density at radius 3 is 2.28 bits per heavy atom. The average Bonchev–Trinajstić information content (AvgIpc) is 2.81. The molecule has 0 amide bonds. The van der Waals surface area contributed by atoms with E-state index in [4.69, 9.17) is 21.6 Å². The number of fused-ring (bicyclic) bond motifs is 1. The highest BCUT2D eigenvalue weighted by atomic mass is 35.5. The molecule has 1 N–H and O–H groups in total. The van der Waals surface area contributed by atoms with E-state index in [9.17, 15) is 4.39 Å². The van der Waals surface area contributed by atoms with Gasteiger partial charge in [0.15, 0.2) is 11.6 Å². The Morgan fingerprint density at radius 2 is 1.56 bits per heavy atom. The highest BCUT2D eigenvalue weighted by Crippen LogP contribution is 2.29. The molecule has 3 aromatic carbocycles. The third kappa shape index (κ3) is 4.66. The molecule has 5 nitrogen and oxygen atoms in total. The number of benzene rings is 3. The fourth-order valence-corrected chi connectivity index (χ4v) is 4.19. The minimum absolute atomic E-state index is 0.267. The molecule has 7 heteroatoms. The van der Waals surface area contributed by atoms with Crippen molar-refractivity contribution in [3.8, 4) is 0 Å². The summed E-state index contributed by atoms with van der Waals surface area (Å²) in [6, 6.07) is 22.2. The van der Waals surface area contributed by atoms with Crippen molar-refractivity contribution in [2.24, 2.45) is 0 Å². The van der Waals surface area contributed by atoms with Gasteiger partial charge in [0, 0.05) is 43.4 Å². The summed E-state index contributed by atoms with van der Waals surface area (Å²) in [4.78, 5) is 14.4. The molecule has 1 fully saturated rings. The van der Waals surface area contributed by atoms with Crippen molar-refractivity contribution < 1.29 is 4.39 Å². The zero-order chi connectivity index (χ0) is 21.9. The summed E-state index contributed by atoms with van der Waals surface area (Å²) in [5.74, 6) is 1.23. The number of hydrogen-bond acceptors (Lipinski definition) is 5. The van der Waals surface area contributed by atoms with E-state index in [1.165, 1.54) is 17.7 Å². The Hall–Kier alpha value is -3.22. The summed E-state index contributed by atoms with van der Waals surface area (Å²) in [7, 11) is 0. The van der Waals surface area contributed by atoms with Gasteiger partial charge in [-0.3, -0.25) is 4.90 Å². The lowest BCUT2D eigenvalue weighted by Gasteiger charge is -2.36. The molecule has 0 unspecified atom stereocenters. The van der Waals surface area contributed by atoms with E-state index in [1.807, 2.05) is 42.5 Å². The zero-order valence-electron chi connectivity index (χ0n) is 17.5. The average molecular weight is 448 g/mol. The lowest BCUT2D eigenvalue weighted by atomic mass is 10.2. The van der Waals surface area contributed by atoms with Crippen LogP contribution in [0.15, 0.2) is 72.8 Å². The number of nitrogens with one attached hydrogen (secondary N) is 1. The molecule has 1 aromatic heterocycles. The van der Waals surface area contributed by atoms with Gasteiger partial charge >= 0.3 is 0 Å². The topological polar surface area (TPSA) is 44.3 Å². The molecule has 5 rings (SSSR count). The van der Waals surface area contributed by atoms with E-state index in [0.29, 0.717) is 5.82 Å². The molecule has 2 heterocycles. The van der Waals surface area contributed by atoms with Gasteiger partial charge in [-0.05, 0) is 54.1 Å². The van der Waals surface area contributed by atoms with Gasteiger partial charge in [-0.2, -0.15) is 0 Å². The van der Waals surface area contributed by atoms with E-state index < -0.39 is 0 Å². The molecule has 1 aliphatic rings. The lowest BCUT2D eigenvalue weighted by molar-refractivity contribution is 0.249. The highest BCUT2D eigenvalue weighted by Gasteiger charge is 2.22. The van der Waals surface area contributed by atoms with Crippen LogP contribution < -0.4 is 10.2 Å². The summed E-state index contributed by atoms with van der Waals surface area (Å²) in [6.45, 7) is 4.38. The number of para-hydroxylation sites is 2. The zero-order valence-corrected chi connectivity index (χ0v) is 18.3. The van der Waals surface area contributed by atoms with Crippen LogP contribution in [0.1, 0.15) is 5.56 Å². The quantitative estimate of drug-likeness (QED) is 0.438. The van der Waals surface area contributed by atoms with Crippen molar-refractivity contribution in [3.05, 3.63) is 89.2 Å². The molecule has 162 valence electrons. The maximum Gasteiger partial charge on any atom is 0.174 e. The molecule has 1 saturated heterocycles. The Kier molecular flexibility index (Phi) is 5.88. The fourth-order valence-electron chi connectivity index (χ4n) is 3.98. The molecule has 0 atom stereocenters. The maximum atomic E-state index is 13.3. The number of hydrogen-bond donors (Lipinski definition) is 1. The summed E-state index contributed by atoms with van der Waals surface area (Å²) < 4.78 is 13.3. The first-order valence-corrected chi connectivity index (χ1v) is 11.0. The first-order chi connectivity index (χ1) is 15.6. The summed E-state index contributed by atoms with van der Waals surface area (Å²) in [6.07, 6.45) is 0. The van der Waals surface area contributed by atoms with E-state index in [-0.39, 0.29) is 5.82 Å². The SMILES string of the molecule is Fc1ccc(Nc2nc3ccccc3nc2N2CCN(Cc3cccc(Cl)c3)CC2)cc1. The second-order valence-electron chi connectivity index (χ2n) is 7.91. The van der Waals surface area contributed by atoms with Crippen molar-refractivity contribution in [1.82, 2.24) is 14.9 Å². The van der Waals surface area contributed by atoms with Crippen LogP contribution in [0.25, 0.3) is 11.0 Å². The van der Waals surface area contributed by atoms with Gasteiger partial charge in [0.25, 0.3) is 0 Å². The molecule has 4 aromatic rings. The number of nitrogens with zero attached hydrogens (tertiary/aromatic N) is 4. The Balaban J connectivity index is 1.37. The van der Waals surface area contributed by atoms with Gasteiger partial charge < -0.3 is 10.2 Å². The maximum absolute atomic E-state index is 13.3. The molecule has 0 bridgehead atoms. The Morgan fingerprint density at radius 1 is 0.844 bits per heavy atom. The normalized spacial score (nSPS) is 14.6. The second-order valence-corrected chi connectivity index (χ2v) is 8.35. The molecule has 32 heavy (non-hydrogen) atoms. The van der Waals surface area contributed by atoms with Crippen LogP contribution in [0.2, 0.25) is 5.02 Å². The summed E-state index contributed by atoms with van der Waals surface area (Å²) in [5, 5.41) is 4.10. The van der Waals surface area contributed by atoms with Gasteiger partial charge in [-0.1, -0.05) is 35.9 Å². The highest BCUT2D eigenvalue weighted by molar-refractivity contribution is 6.30. The van der Waals surface area contributed by atoms with Crippen molar-refractivity contribution in [1.29, 1.82) is 0 Å². The monoisotopic (exact) mass is 447 g/mol. The molecular formula is C25H23ClFN5. The number of rotatable bonds is 5. The largest absolute Gasteiger partial charge is 0.351 e. The summed E-state index contributed by atoms with van der Waals surface area (Å²) >= 11 is 6.14. The number of piperazine rings is 1. The Bertz CT molecular complexity index is 1220. The second kappa shape index (κ2) is 9.10. The van der Waals surface area contributed by atoms with Crippen LogP contribution in [0.3, 0.4) is 0 Å². The predicted molar refractivity (Wildman–Crippen MR) is 128 cm³/mol. The third-order valence-corrected chi connectivity index (χ3v) is 5.86. The van der Waals surface area contributed by atoms with Crippen LogP contribution in [0.5, 0.6) is 0 Å². The number of anilines is 3. The van der Waals surface area contributed by atoms with E-state index in [2.05, 4.69) is 21.2 Å². The van der Waals surface area contributed by atoms with E-state index >= 15 is 0 Å². The van der Waals surface area contributed by atoms with Gasteiger partial charge in [-0.25, -0.2) is 14.4 Å². The van der Waals surface area contributed by atoms with Crippen molar-refractivity contribution in [2.75, 3.05) is 36.4 Å². The minimum atomic E-state index is -0.267. The molecule has 1 aliphatic heterocycles. The first-order valence-electron chi connectivity index (χ1n) is 10.7. The number of aromatic nitrogens is 2. The minimum Gasteiger partial charge on any atom is -0.351 e. The third-order valence-electron chi connectivity index (χ3n) is 5.63. The molecule has 0 saturated carbocycles. The molecule has 0 spiro atoms. The first kappa shape index (κ1) is 20.7. The molecule has 0 radical (unpaired) electrons. The standard InChI is InChI=1S/C25H23ClFN5/c26-19-5-3-4-18(16-19)17-31-12-14-32(15-13-31)25-24(28-21-10-8-20(27)9-11-21)29-22-6-1-2-7-23(22)30-25/h1-11,16H,12-15,17H2,(H,28,29). The van der Waals surface area contributed by atoms with E-state index in [0.717, 1.165) is 60.3 Å². The van der Waals surface area contributed by atoms with Crippen LogP contribution in [-0.4, -0.2) is 41.0 Å². The fraction of sp³-hybridized carbons (Fsp3) is 0.200. The van der Waals surface area contributed by atoms with Crippen molar-refractivity contribution >= 4 is 40.0 Å². The molecular weight excluding hydrogens is 425 g/mol. The van der Waals surface area contributed by atoms with Crippen molar-refractivity contribution in [3.63, 3.8) is 0 Å². The van der Waals surface area contributed by atoms with E-state index in [1.54, 1.807) is 12.1 Å². The predicted octanol–water partition coefficient (Wildman–Crippen LogP) is 5.49. The summed E-state index contributed by atoms with van der Waals surface area (Å²) in [5.41, 5.74) is 3.67. The smallest absolute Gasteiger partial charge is 0.174 e.